The zero-order valence-electron chi connectivity index (χ0n) is 15.4. The highest BCUT2D eigenvalue weighted by molar-refractivity contribution is 5.70. The minimum absolute atomic E-state index is 0.253. The van der Waals surface area contributed by atoms with Gasteiger partial charge in [0.05, 0.1) is 0 Å². The third kappa shape index (κ3) is 10.4. The standard InChI is InChI=1S/C22H28O4/c1-3-5-13-19-15-9-7-11-18-22(24)26-20(14-6-4-2)16-10-8-12-17-21(23)25-19/h3-4,19-20H,1-2,5-8,11-14,17-18H2. The first-order valence-corrected chi connectivity index (χ1v) is 9.23. The quantitative estimate of drug-likeness (QED) is 0.408. The first-order valence-electron chi connectivity index (χ1n) is 9.23. The van der Waals surface area contributed by atoms with Crippen LogP contribution in [0.4, 0.5) is 0 Å². The van der Waals surface area contributed by atoms with E-state index in [1.807, 2.05) is 0 Å². The highest BCUT2D eigenvalue weighted by Crippen LogP contribution is 2.09. The van der Waals surface area contributed by atoms with E-state index in [2.05, 4.69) is 36.8 Å². The first-order chi connectivity index (χ1) is 12.7. The number of carbonyl (C=O) groups is 2. The second-order valence-electron chi connectivity index (χ2n) is 6.04. The summed E-state index contributed by atoms with van der Waals surface area (Å²) >= 11 is 0. The van der Waals surface area contributed by atoms with Crippen LogP contribution < -0.4 is 0 Å². The van der Waals surface area contributed by atoms with Gasteiger partial charge in [0.15, 0.2) is 12.2 Å². The summed E-state index contributed by atoms with van der Waals surface area (Å²) in [4.78, 5) is 23.9. The van der Waals surface area contributed by atoms with Crippen molar-refractivity contribution in [1.82, 2.24) is 0 Å². The molecule has 0 bridgehead atoms. The zero-order valence-corrected chi connectivity index (χ0v) is 15.4. The van der Waals surface area contributed by atoms with Gasteiger partial charge in [-0.05, 0) is 38.5 Å². The Labute approximate surface area is 157 Å². The number of rotatable bonds is 6. The summed E-state index contributed by atoms with van der Waals surface area (Å²) in [5.74, 6) is 11.5. The molecule has 1 rings (SSSR count). The first kappa shape index (κ1) is 21.6. The van der Waals surface area contributed by atoms with Gasteiger partial charge in [0, 0.05) is 25.7 Å². The van der Waals surface area contributed by atoms with Gasteiger partial charge in [0.2, 0.25) is 0 Å². The van der Waals surface area contributed by atoms with Crippen molar-refractivity contribution in [3.63, 3.8) is 0 Å². The Morgan fingerprint density at radius 1 is 0.846 bits per heavy atom. The molecule has 140 valence electrons. The minimum atomic E-state index is -0.422. The third-order valence-corrected chi connectivity index (χ3v) is 3.70. The molecule has 0 saturated carbocycles. The summed E-state index contributed by atoms with van der Waals surface area (Å²) in [7, 11) is 0. The van der Waals surface area contributed by atoms with Crippen molar-refractivity contribution >= 4 is 11.9 Å². The van der Waals surface area contributed by atoms with Crippen molar-refractivity contribution in [2.75, 3.05) is 0 Å². The van der Waals surface area contributed by atoms with E-state index in [4.69, 9.17) is 9.47 Å². The fourth-order valence-electron chi connectivity index (χ4n) is 2.31. The lowest BCUT2D eigenvalue weighted by Crippen LogP contribution is -2.17. The average molecular weight is 356 g/mol. The smallest absolute Gasteiger partial charge is 0.307 e. The molecule has 4 heteroatoms. The Morgan fingerprint density at radius 2 is 1.27 bits per heavy atom. The van der Waals surface area contributed by atoms with E-state index < -0.39 is 12.2 Å². The Morgan fingerprint density at radius 3 is 1.65 bits per heavy atom. The van der Waals surface area contributed by atoms with Gasteiger partial charge in [-0.25, -0.2) is 0 Å². The van der Waals surface area contributed by atoms with E-state index in [0.717, 1.165) is 12.8 Å². The molecule has 0 aliphatic carbocycles. The van der Waals surface area contributed by atoms with Crippen LogP contribution in [-0.2, 0) is 19.1 Å². The number of cyclic esters (lactones) is 2. The van der Waals surface area contributed by atoms with Crippen LogP contribution >= 0.6 is 0 Å². The summed E-state index contributed by atoms with van der Waals surface area (Å²) in [6.07, 6.45) is 8.38. The number of hydrogen-bond donors (Lipinski definition) is 0. The van der Waals surface area contributed by atoms with Gasteiger partial charge < -0.3 is 9.47 Å². The summed E-state index contributed by atoms with van der Waals surface area (Å²) < 4.78 is 10.9. The van der Waals surface area contributed by atoms with E-state index in [1.165, 1.54) is 0 Å². The molecule has 2 unspecified atom stereocenters. The van der Waals surface area contributed by atoms with Crippen molar-refractivity contribution in [3.8, 4) is 23.7 Å². The topological polar surface area (TPSA) is 52.6 Å². The molecule has 4 nitrogen and oxygen atoms in total. The molecule has 0 radical (unpaired) electrons. The predicted octanol–water partition coefficient (Wildman–Crippen LogP) is 4.10. The van der Waals surface area contributed by atoms with Gasteiger partial charge in [-0.3, -0.25) is 9.59 Å². The van der Waals surface area contributed by atoms with Gasteiger partial charge in [0.25, 0.3) is 0 Å². The third-order valence-electron chi connectivity index (χ3n) is 3.70. The number of hydrogen-bond acceptors (Lipinski definition) is 4. The summed E-state index contributed by atoms with van der Waals surface area (Å²) in [6, 6.07) is 0. The number of esters is 2. The fraction of sp³-hybridized carbons (Fsp3) is 0.545. The summed E-state index contributed by atoms with van der Waals surface area (Å²) in [5, 5.41) is 0. The van der Waals surface area contributed by atoms with Crippen molar-refractivity contribution in [2.45, 2.75) is 76.4 Å². The van der Waals surface area contributed by atoms with Crippen LogP contribution in [0.5, 0.6) is 0 Å². The molecule has 0 aromatic carbocycles. The molecule has 0 saturated heterocycles. The molecule has 0 spiro atoms. The Kier molecular flexibility index (Phi) is 11.4. The molecule has 0 amide bonds. The summed E-state index contributed by atoms with van der Waals surface area (Å²) in [6.45, 7) is 7.36. The molecule has 1 heterocycles. The van der Waals surface area contributed by atoms with E-state index in [9.17, 15) is 9.59 Å². The monoisotopic (exact) mass is 356 g/mol. The zero-order chi connectivity index (χ0) is 19.0. The minimum Gasteiger partial charge on any atom is -0.449 e. The largest absolute Gasteiger partial charge is 0.449 e. The van der Waals surface area contributed by atoms with Crippen LogP contribution in [0.3, 0.4) is 0 Å². The van der Waals surface area contributed by atoms with Crippen LogP contribution in [-0.4, -0.2) is 24.1 Å². The molecule has 1 aliphatic heterocycles. The molecule has 2 atom stereocenters. The molecule has 0 fully saturated rings. The molecule has 26 heavy (non-hydrogen) atoms. The number of ether oxygens (including phenoxy) is 2. The van der Waals surface area contributed by atoms with Crippen molar-refractivity contribution in [3.05, 3.63) is 25.3 Å². The SMILES string of the molecule is C=CCCC1C#CCCCC(=O)OC(CCC=C)C#CCCCC(=O)O1. The van der Waals surface area contributed by atoms with E-state index >= 15 is 0 Å². The molecule has 0 aromatic rings. The molecule has 1 aliphatic rings. The maximum absolute atomic E-state index is 12.0. The lowest BCUT2D eigenvalue weighted by Gasteiger charge is -2.12. The van der Waals surface area contributed by atoms with Crippen LogP contribution in [0.1, 0.15) is 64.2 Å². The lowest BCUT2D eigenvalue weighted by molar-refractivity contribution is -0.147. The maximum atomic E-state index is 12.0. The van der Waals surface area contributed by atoms with Gasteiger partial charge >= 0.3 is 11.9 Å². The van der Waals surface area contributed by atoms with Crippen LogP contribution in [0.15, 0.2) is 25.3 Å². The number of carbonyl (C=O) groups excluding carboxylic acids is 2. The molecular formula is C22H28O4. The Balaban J connectivity index is 2.71. The van der Waals surface area contributed by atoms with Crippen LogP contribution in [0.25, 0.3) is 0 Å². The normalized spacial score (nSPS) is 21.8. The van der Waals surface area contributed by atoms with E-state index in [0.29, 0.717) is 51.4 Å². The van der Waals surface area contributed by atoms with Crippen LogP contribution in [0, 0.1) is 23.7 Å². The van der Waals surface area contributed by atoms with Gasteiger partial charge in [-0.2, -0.15) is 0 Å². The Hall–Kier alpha value is -2.46. The molecule has 0 aromatic heterocycles. The number of allylic oxidation sites excluding steroid dienone is 2. The van der Waals surface area contributed by atoms with Crippen molar-refractivity contribution < 1.29 is 19.1 Å². The molecular weight excluding hydrogens is 328 g/mol. The average Bonchev–Trinajstić information content (AvgIpc) is 2.62. The highest BCUT2D eigenvalue weighted by Gasteiger charge is 2.13. The van der Waals surface area contributed by atoms with E-state index in [1.54, 1.807) is 12.2 Å². The van der Waals surface area contributed by atoms with Gasteiger partial charge in [-0.15, -0.1) is 13.2 Å². The van der Waals surface area contributed by atoms with Crippen molar-refractivity contribution in [1.29, 1.82) is 0 Å². The second kappa shape index (κ2) is 13.8. The van der Waals surface area contributed by atoms with E-state index in [-0.39, 0.29) is 11.9 Å². The predicted molar refractivity (Wildman–Crippen MR) is 102 cm³/mol. The van der Waals surface area contributed by atoms with Crippen LogP contribution in [0.2, 0.25) is 0 Å². The lowest BCUT2D eigenvalue weighted by atomic mass is 10.1. The molecule has 0 N–H and O–H groups in total. The summed E-state index contributed by atoms with van der Waals surface area (Å²) in [5.41, 5.74) is 0. The van der Waals surface area contributed by atoms with Gasteiger partial charge in [-0.1, -0.05) is 35.8 Å². The second-order valence-corrected chi connectivity index (χ2v) is 6.04. The Bertz CT molecular complexity index is 543. The fourth-order valence-corrected chi connectivity index (χ4v) is 2.31. The maximum Gasteiger partial charge on any atom is 0.307 e. The van der Waals surface area contributed by atoms with Gasteiger partial charge in [0.1, 0.15) is 0 Å². The highest BCUT2D eigenvalue weighted by atomic mass is 16.5. The van der Waals surface area contributed by atoms with Crippen molar-refractivity contribution in [2.24, 2.45) is 0 Å².